The molecule has 5 heteroatoms. The van der Waals surface area contributed by atoms with E-state index < -0.39 is 0 Å². The van der Waals surface area contributed by atoms with Crippen LogP contribution in [0.5, 0.6) is 0 Å². The van der Waals surface area contributed by atoms with Crippen LogP contribution in [0.1, 0.15) is 35.8 Å². The molecule has 1 aliphatic rings. The maximum absolute atomic E-state index is 12.3. The van der Waals surface area contributed by atoms with Crippen LogP contribution in [0, 0.1) is 12.8 Å². The molecular weight excluding hydrogens is 262 g/mol. The number of nitrogens with zero attached hydrogens (tertiary/aromatic N) is 2. The summed E-state index contributed by atoms with van der Waals surface area (Å²) in [7, 11) is 0. The smallest absolute Gasteiger partial charge is 0.255 e. The minimum atomic E-state index is -0.0731. The average Bonchev–Trinajstić information content (AvgIpc) is 3.09. The fourth-order valence-electron chi connectivity index (χ4n) is 2.37. The molecule has 19 heavy (non-hydrogen) atoms. The molecule has 1 N–H and O–H groups in total. The predicted octanol–water partition coefficient (Wildman–Crippen LogP) is 2.82. The molecule has 2 aromatic heterocycles. The minimum Gasteiger partial charge on any atom is -0.349 e. The topological polar surface area (TPSA) is 46.4 Å². The lowest BCUT2D eigenvalue weighted by Gasteiger charge is -2.12. The molecule has 3 rings (SSSR count). The van der Waals surface area contributed by atoms with Crippen molar-refractivity contribution in [2.24, 2.45) is 5.92 Å². The molecule has 0 bridgehead atoms. The highest BCUT2D eigenvalue weighted by Gasteiger charge is 2.29. The molecule has 100 valence electrons. The summed E-state index contributed by atoms with van der Waals surface area (Å²) in [6.07, 6.45) is 4.27. The van der Waals surface area contributed by atoms with Crippen molar-refractivity contribution in [2.45, 2.75) is 32.7 Å². The Labute approximate surface area is 116 Å². The maximum atomic E-state index is 12.3. The van der Waals surface area contributed by atoms with Gasteiger partial charge in [0.05, 0.1) is 5.56 Å². The molecule has 0 spiro atoms. The molecule has 0 aliphatic heterocycles. The third kappa shape index (κ3) is 2.32. The molecule has 4 nitrogen and oxygen atoms in total. The second-order valence-electron chi connectivity index (χ2n) is 5.24. The van der Waals surface area contributed by atoms with Gasteiger partial charge in [-0.2, -0.15) is 0 Å². The molecule has 0 aromatic carbocycles. The number of hydrogen-bond donors (Lipinski definition) is 1. The first kappa shape index (κ1) is 12.5. The summed E-state index contributed by atoms with van der Waals surface area (Å²) in [5.74, 6) is 0.562. The van der Waals surface area contributed by atoms with Crippen LogP contribution in [0.15, 0.2) is 18.3 Å². The number of rotatable bonds is 3. The van der Waals surface area contributed by atoms with Crippen LogP contribution in [-0.4, -0.2) is 21.3 Å². The summed E-state index contributed by atoms with van der Waals surface area (Å²) < 4.78 is 1.88. The maximum Gasteiger partial charge on any atom is 0.255 e. The molecule has 1 saturated carbocycles. The number of aryl methyl sites for hydroxylation is 1. The van der Waals surface area contributed by atoms with Gasteiger partial charge >= 0.3 is 0 Å². The first-order valence-corrected chi connectivity index (χ1v) is 6.89. The Morgan fingerprint density at radius 1 is 1.58 bits per heavy atom. The second kappa shape index (κ2) is 4.53. The number of aromatic nitrogens is 2. The zero-order valence-corrected chi connectivity index (χ0v) is 11.7. The Morgan fingerprint density at radius 3 is 3.00 bits per heavy atom. The Hall–Kier alpha value is -1.55. The van der Waals surface area contributed by atoms with Gasteiger partial charge in [-0.1, -0.05) is 11.6 Å². The van der Waals surface area contributed by atoms with Gasteiger partial charge in [0.15, 0.2) is 5.65 Å². The number of nitrogens with one attached hydrogen (secondary N) is 1. The van der Waals surface area contributed by atoms with Crippen LogP contribution < -0.4 is 5.32 Å². The first-order chi connectivity index (χ1) is 9.06. The standard InChI is InChI=1S/C14H16ClN3O/c1-8-7-12(15)17-13-11(5-6-18(8)13)14(19)16-9(2)10-3-4-10/h5-7,9-10H,3-4H2,1-2H3,(H,16,19)/t9-/m0/s1. The van der Waals surface area contributed by atoms with E-state index in [4.69, 9.17) is 11.6 Å². The van der Waals surface area contributed by atoms with Gasteiger partial charge in [-0.05, 0) is 44.7 Å². The molecule has 1 atom stereocenters. The molecular formula is C14H16ClN3O. The molecule has 1 amide bonds. The Kier molecular flexibility index (Phi) is 2.97. The quantitative estimate of drug-likeness (QED) is 0.877. The molecule has 2 aromatic rings. The minimum absolute atomic E-state index is 0.0731. The summed E-state index contributed by atoms with van der Waals surface area (Å²) >= 11 is 5.97. The third-order valence-corrected chi connectivity index (χ3v) is 3.91. The largest absolute Gasteiger partial charge is 0.349 e. The number of hydrogen-bond acceptors (Lipinski definition) is 2. The van der Waals surface area contributed by atoms with E-state index in [-0.39, 0.29) is 11.9 Å². The fraction of sp³-hybridized carbons (Fsp3) is 0.429. The monoisotopic (exact) mass is 277 g/mol. The number of halogens is 1. The predicted molar refractivity (Wildman–Crippen MR) is 74.6 cm³/mol. The number of carbonyl (C=O) groups excluding carboxylic acids is 1. The van der Waals surface area contributed by atoms with Gasteiger partial charge in [0.2, 0.25) is 0 Å². The lowest BCUT2D eigenvalue weighted by atomic mass is 10.2. The van der Waals surface area contributed by atoms with Crippen molar-refractivity contribution < 1.29 is 4.79 Å². The fourth-order valence-corrected chi connectivity index (χ4v) is 2.61. The van der Waals surface area contributed by atoms with Crippen molar-refractivity contribution in [3.8, 4) is 0 Å². The summed E-state index contributed by atoms with van der Waals surface area (Å²) in [4.78, 5) is 16.5. The third-order valence-electron chi connectivity index (χ3n) is 3.71. The highest BCUT2D eigenvalue weighted by molar-refractivity contribution is 6.29. The van der Waals surface area contributed by atoms with Gasteiger partial charge in [-0.3, -0.25) is 4.79 Å². The molecule has 0 saturated heterocycles. The van der Waals surface area contributed by atoms with E-state index in [1.54, 1.807) is 12.1 Å². The zero-order valence-electron chi connectivity index (χ0n) is 11.0. The molecule has 2 heterocycles. The van der Waals surface area contributed by atoms with E-state index in [1.165, 1.54) is 12.8 Å². The van der Waals surface area contributed by atoms with Gasteiger partial charge in [0.1, 0.15) is 5.15 Å². The normalized spacial score (nSPS) is 16.6. The average molecular weight is 278 g/mol. The van der Waals surface area contributed by atoms with Crippen LogP contribution in [0.25, 0.3) is 5.65 Å². The van der Waals surface area contributed by atoms with E-state index in [0.717, 1.165) is 5.69 Å². The second-order valence-corrected chi connectivity index (χ2v) is 5.63. The Morgan fingerprint density at radius 2 is 2.32 bits per heavy atom. The van der Waals surface area contributed by atoms with Crippen molar-refractivity contribution in [3.05, 3.63) is 34.7 Å². The number of carbonyl (C=O) groups is 1. The molecule has 0 radical (unpaired) electrons. The van der Waals surface area contributed by atoms with Crippen LogP contribution in [-0.2, 0) is 0 Å². The highest BCUT2D eigenvalue weighted by Crippen LogP contribution is 2.32. The van der Waals surface area contributed by atoms with E-state index >= 15 is 0 Å². The van der Waals surface area contributed by atoms with Crippen molar-refractivity contribution in [1.29, 1.82) is 0 Å². The van der Waals surface area contributed by atoms with E-state index in [9.17, 15) is 4.79 Å². The van der Waals surface area contributed by atoms with Gasteiger partial charge in [0, 0.05) is 17.9 Å². The van der Waals surface area contributed by atoms with Gasteiger partial charge in [-0.25, -0.2) is 4.98 Å². The van der Waals surface area contributed by atoms with E-state index in [2.05, 4.69) is 17.2 Å². The Bertz CT molecular complexity index is 645. The summed E-state index contributed by atoms with van der Waals surface area (Å²) in [6, 6.07) is 3.80. The van der Waals surface area contributed by atoms with Crippen molar-refractivity contribution in [1.82, 2.24) is 14.7 Å². The SMILES string of the molecule is Cc1cc(Cl)nc2c(C(=O)N[C@@H](C)C3CC3)ccn12. The Balaban J connectivity index is 1.93. The lowest BCUT2D eigenvalue weighted by Crippen LogP contribution is -2.34. The van der Waals surface area contributed by atoms with Crippen molar-refractivity contribution in [2.75, 3.05) is 0 Å². The van der Waals surface area contributed by atoms with E-state index in [0.29, 0.717) is 22.3 Å². The van der Waals surface area contributed by atoms with Gasteiger partial charge in [0.25, 0.3) is 5.91 Å². The van der Waals surface area contributed by atoms with Gasteiger partial charge < -0.3 is 9.72 Å². The van der Waals surface area contributed by atoms with Gasteiger partial charge in [-0.15, -0.1) is 0 Å². The summed E-state index contributed by atoms with van der Waals surface area (Å²) in [5, 5.41) is 3.45. The van der Waals surface area contributed by atoms with Crippen LogP contribution >= 0.6 is 11.6 Å². The molecule has 1 aliphatic carbocycles. The van der Waals surface area contributed by atoms with Crippen LogP contribution in [0.2, 0.25) is 5.15 Å². The van der Waals surface area contributed by atoms with Crippen molar-refractivity contribution >= 4 is 23.2 Å². The zero-order chi connectivity index (χ0) is 13.6. The van der Waals surface area contributed by atoms with Crippen LogP contribution in [0.4, 0.5) is 0 Å². The van der Waals surface area contributed by atoms with Crippen molar-refractivity contribution in [3.63, 3.8) is 0 Å². The highest BCUT2D eigenvalue weighted by atomic mass is 35.5. The van der Waals surface area contributed by atoms with E-state index in [1.807, 2.05) is 17.5 Å². The molecule has 0 unspecified atom stereocenters. The summed E-state index contributed by atoms with van der Waals surface area (Å²) in [5.41, 5.74) is 2.16. The summed E-state index contributed by atoms with van der Waals surface area (Å²) in [6.45, 7) is 3.99. The number of amides is 1. The first-order valence-electron chi connectivity index (χ1n) is 6.51. The lowest BCUT2D eigenvalue weighted by molar-refractivity contribution is 0.0937. The van der Waals surface area contributed by atoms with Crippen LogP contribution in [0.3, 0.4) is 0 Å². The molecule has 1 fully saturated rings. The number of fused-ring (bicyclic) bond motifs is 1.